The van der Waals surface area contributed by atoms with E-state index in [0.717, 1.165) is 12.8 Å². The summed E-state index contributed by atoms with van der Waals surface area (Å²) in [6, 6.07) is -0.00340. The molecule has 0 fully saturated rings. The topological polar surface area (TPSA) is 92.1 Å². The zero-order valence-corrected chi connectivity index (χ0v) is 13.6. The molecule has 0 saturated carbocycles. The van der Waals surface area contributed by atoms with Crippen molar-refractivity contribution in [3.63, 3.8) is 0 Å². The minimum absolute atomic E-state index is 0.00340. The first-order valence-electron chi connectivity index (χ1n) is 7.12. The highest BCUT2D eigenvalue weighted by molar-refractivity contribution is 7.89. The standard InChI is InChI=1S/C13H26N4O2S/c1-5-12(6-2)17(9-10(3)4)20(18,19)13-11(7-14)8-15-16-13/h8,10,12H,5-7,9,14H2,1-4H3,(H,15,16). The Kier molecular flexibility index (Phi) is 6.16. The Morgan fingerprint density at radius 2 is 1.95 bits per heavy atom. The van der Waals surface area contributed by atoms with Crippen LogP contribution in [0, 0.1) is 5.92 Å². The van der Waals surface area contributed by atoms with Gasteiger partial charge in [-0.3, -0.25) is 5.10 Å². The lowest BCUT2D eigenvalue weighted by Crippen LogP contribution is -2.42. The van der Waals surface area contributed by atoms with E-state index in [4.69, 9.17) is 5.73 Å². The van der Waals surface area contributed by atoms with Crippen molar-refractivity contribution < 1.29 is 8.42 Å². The molecule has 0 atom stereocenters. The predicted octanol–water partition coefficient (Wildman–Crippen LogP) is 1.70. The molecule has 0 unspecified atom stereocenters. The Balaban J connectivity index is 3.23. The normalized spacial score (nSPS) is 12.8. The van der Waals surface area contributed by atoms with E-state index in [1.165, 1.54) is 6.20 Å². The van der Waals surface area contributed by atoms with Crippen molar-refractivity contribution in [1.29, 1.82) is 0 Å². The fraction of sp³-hybridized carbons (Fsp3) is 0.769. The van der Waals surface area contributed by atoms with Crippen LogP contribution in [0.5, 0.6) is 0 Å². The van der Waals surface area contributed by atoms with Gasteiger partial charge in [0, 0.05) is 24.7 Å². The largest absolute Gasteiger partial charge is 0.326 e. The van der Waals surface area contributed by atoms with Crippen molar-refractivity contribution in [2.24, 2.45) is 11.7 Å². The van der Waals surface area contributed by atoms with E-state index in [9.17, 15) is 8.42 Å². The lowest BCUT2D eigenvalue weighted by atomic mass is 10.1. The number of sulfonamides is 1. The van der Waals surface area contributed by atoms with Gasteiger partial charge < -0.3 is 5.73 Å². The van der Waals surface area contributed by atoms with E-state index in [0.29, 0.717) is 12.1 Å². The molecule has 0 aromatic carbocycles. The molecule has 1 heterocycles. The molecule has 0 bridgehead atoms. The molecule has 1 rings (SSSR count). The zero-order chi connectivity index (χ0) is 15.3. The number of rotatable bonds is 8. The first kappa shape index (κ1) is 17.1. The van der Waals surface area contributed by atoms with Crippen molar-refractivity contribution in [2.45, 2.75) is 58.1 Å². The number of aromatic amines is 1. The molecule has 1 aromatic rings. The van der Waals surface area contributed by atoms with Gasteiger partial charge in [-0.2, -0.15) is 9.40 Å². The van der Waals surface area contributed by atoms with Gasteiger partial charge in [-0.05, 0) is 18.8 Å². The molecule has 20 heavy (non-hydrogen) atoms. The molecule has 1 aromatic heterocycles. The van der Waals surface area contributed by atoms with Crippen molar-refractivity contribution in [3.8, 4) is 0 Å². The first-order chi connectivity index (χ1) is 9.38. The van der Waals surface area contributed by atoms with Crippen LogP contribution in [0.2, 0.25) is 0 Å². The second kappa shape index (κ2) is 7.19. The van der Waals surface area contributed by atoms with Crippen molar-refractivity contribution in [1.82, 2.24) is 14.5 Å². The van der Waals surface area contributed by atoms with Gasteiger partial charge in [-0.1, -0.05) is 27.7 Å². The number of hydrogen-bond acceptors (Lipinski definition) is 4. The van der Waals surface area contributed by atoms with E-state index < -0.39 is 10.0 Å². The summed E-state index contributed by atoms with van der Waals surface area (Å²) in [7, 11) is -3.58. The van der Waals surface area contributed by atoms with E-state index in [2.05, 4.69) is 10.2 Å². The van der Waals surface area contributed by atoms with Gasteiger partial charge in [0.25, 0.3) is 10.0 Å². The number of nitrogens with zero attached hydrogens (tertiary/aromatic N) is 2. The van der Waals surface area contributed by atoms with Gasteiger partial charge in [-0.15, -0.1) is 0 Å². The average Bonchev–Trinajstić information content (AvgIpc) is 2.87. The number of nitrogens with two attached hydrogens (primary N) is 1. The van der Waals surface area contributed by atoms with Gasteiger partial charge in [0.15, 0.2) is 5.03 Å². The summed E-state index contributed by atoms with van der Waals surface area (Å²) in [6.07, 6.45) is 3.05. The number of hydrogen-bond donors (Lipinski definition) is 2. The van der Waals surface area contributed by atoms with Crippen LogP contribution >= 0.6 is 0 Å². The maximum absolute atomic E-state index is 12.9. The highest BCUT2D eigenvalue weighted by Gasteiger charge is 2.32. The smallest absolute Gasteiger partial charge is 0.260 e. The summed E-state index contributed by atoms with van der Waals surface area (Å²) in [5, 5.41) is 6.55. The third-order valence-electron chi connectivity index (χ3n) is 3.36. The zero-order valence-electron chi connectivity index (χ0n) is 12.8. The quantitative estimate of drug-likeness (QED) is 0.764. The van der Waals surface area contributed by atoms with Gasteiger partial charge in [-0.25, -0.2) is 8.42 Å². The third-order valence-corrected chi connectivity index (χ3v) is 5.29. The Labute approximate surface area is 121 Å². The number of aromatic nitrogens is 2. The molecule has 116 valence electrons. The maximum Gasteiger partial charge on any atom is 0.260 e. The van der Waals surface area contributed by atoms with Crippen LogP contribution in [0.3, 0.4) is 0 Å². The monoisotopic (exact) mass is 302 g/mol. The fourth-order valence-corrected chi connectivity index (χ4v) is 4.34. The van der Waals surface area contributed by atoms with Crippen LogP contribution in [-0.2, 0) is 16.6 Å². The molecule has 0 amide bonds. The van der Waals surface area contributed by atoms with Gasteiger partial charge in [0.1, 0.15) is 0 Å². The molecular formula is C13H26N4O2S. The highest BCUT2D eigenvalue weighted by Crippen LogP contribution is 2.23. The molecule has 0 saturated heterocycles. The van der Waals surface area contributed by atoms with Crippen LogP contribution < -0.4 is 5.73 Å². The van der Waals surface area contributed by atoms with E-state index in [1.54, 1.807) is 4.31 Å². The van der Waals surface area contributed by atoms with Crippen LogP contribution in [0.1, 0.15) is 46.1 Å². The van der Waals surface area contributed by atoms with Crippen molar-refractivity contribution >= 4 is 10.0 Å². The van der Waals surface area contributed by atoms with Crippen LogP contribution in [-0.4, -0.2) is 35.5 Å². The molecular weight excluding hydrogens is 276 g/mol. The molecule has 0 aliphatic rings. The van der Waals surface area contributed by atoms with E-state index in [1.807, 2.05) is 27.7 Å². The summed E-state index contributed by atoms with van der Waals surface area (Å²) in [4.78, 5) is 0. The first-order valence-corrected chi connectivity index (χ1v) is 8.56. The Hall–Kier alpha value is -0.920. The lowest BCUT2D eigenvalue weighted by Gasteiger charge is -2.30. The molecule has 6 nitrogen and oxygen atoms in total. The summed E-state index contributed by atoms with van der Waals surface area (Å²) in [5.41, 5.74) is 6.12. The number of H-pyrrole nitrogens is 1. The Bertz CT molecular complexity index is 506. The van der Waals surface area contributed by atoms with Crippen LogP contribution in [0.4, 0.5) is 0 Å². The minimum Gasteiger partial charge on any atom is -0.326 e. The summed E-state index contributed by atoms with van der Waals surface area (Å²) >= 11 is 0. The second-order valence-electron chi connectivity index (χ2n) is 5.37. The van der Waals surface area contributed by atoms with Crippen molar-refractivity contribution in [2.75, 3.05) is 6.54 Å². The second-order valence-corrected chi connectivity index (χ2v) is 7.19. The fourth-order valence-electron chi connectivity index (χ4n) is 2.28. The van der Waals surface area contributed by atoms with Gasteiger partial charge >= 0.3 is 0 Å². The highest BCUT2D eigenvalue weighted by atomic mass is 32.2. The van der Waals surface area contributed by atoms with E-state index in [-0.39, 0.29) is 23.5 Å². The molecule has 0 aliphatic carbocycles. The van der Waals surface area contributed by atoms with E-state index >= 15 is 0 Å². The van der Waals surface area contributed by atoms with Gasteiger partial charge in [0.2, 0.25) is 0 Å². The van der Waals surface area contributed by atoms with Gasteiger partial charge in [0.05, 0.1) is 6.20 Å². The minimum atomic E-state index is -3.58. The molecule has 7 heteroatoms. The molecule has 0 aliphatic heterocycles. The Morgan fingerprint density at radius 1 is 1.35 bits per heavy atom. The summed E-state index contributed by atoms with van der Waals surface area (Å²) in [6.45, 7) is 8.70. The Morgan fingerprint density at radius 3 is 2.40 bits per heavy atom. The average molecular weight is 302 g/mol. The SMILES string of the molecule is CCC(CC)N(CC(C)C)S(=O)(=O)c1[nH]ncc1CN. The lowest BCUT2D eigenvalue weighted by molar-refractivity contribution is 0.276. The van der Waals surface area contributed by atoms with Crippen LogP contribution in [0.15, 0.2) is 11.2 Å². The van der Waals surface area contributed by atoms with Crippen molar-refractivity contribution in [3.05, 3.63) is 11.8 Å². The number of nitrogens with one attached hydrogen (secondary N) is 1. The molecule has 3 N–H and O–H groups in total. The summed E-state index contributed by atoms with van der Waals surface area (Å²) < 4.78 is 27.3. The van der Waals surface area contributed by atoms with Crippen LogP contribution in [0.25, 0.3) is 0 Å². The molecule has 0 radical (unpaired) electrons. The summed E-state index contributed by atoms with van der Waals surface area (Å²) in [5.74, 6) is 0.259. The molecule has 0 spiro atoms. The maximum atomic E-state index is 12.9. The predicted molar refractivity (Wildman–Crippen MR) is 79.6 cm³/mol. The third kappa shape index (κ3) is 3.59.